The maximum Gasteiger partial charge on any atom is 0.212 e. The van der Waals surface area contributed by atoms with Gasteiger partial charge in [-0.15, -0.1) is 0 Å². The van der Waals surface area contributed by atoms with Crippen LogP contribution in [-0.2, 0) is 6.42 Å². The molecule has 0 unspecified atom stereocenters. The summed E-state index contributed by atoms with van der Waals surface area (Å²) in [4.78, 5) is 3.70. The first-order valence-corrected chi connectivity index (χ1v) is 6.88. The SMILES string of the molecule is CCC1CCC(CCc2ccc(F)nc2)CC1. The van der Waals surface area contributed by atoms with Crippen LogP contribution in [0.15, 0.2) is 18.3 Å². The normalized spacial score (nSPS) is 24.8. The van der Waals surface area contributed by atoms with Gasteiger partial charge in [0, 0.05) is 6.20 Å². The van der Waals surface area contributed by atoms with Crippen LogP contribution in [0, 0.1) is 17.8 Å². The fourth-order valence-corrected chi connectivity index (χ4v) is 2.85. The maximum absolute atomic E-state index is 12.7. The molecule has 1 aromatic rings. The van der Waals surface area contributed by atoms with Crippen LogP contribution in [0.4, 0.5) is 4.39 Å². The predicted molar refractivity (Wildman–Crippen MR) is 68.3 cm³/mol. The number of aromatic nitrogens is 1. The summed E-state index contributed by atoms with van der Waals surface area (Å²) < 4.78 is 12.7. The third-order valence-corrected chi connectivity index (χ3v) is 4.17. The minimum Gasteiger partial charge on any atom is -0.228 e. The third-order valence-electron chi connectivity index (χ3n) is 4.17. The molecule has 0 aromatic carbocycles. The van der Waals surface area contributed by atoms with Crippen LogP contribution >= 0.6 is 0 Å². The van der Waals surface area contributed by atoms with Gasteiger partial charge in [0.05, 0.1) is 0 Å². The molecule has 1 nitrogen and oxygen atoms in total. The van der Waals surface area contributed by atoms with Crippen molar-refractivity contribution in [3.05, 3.63) is 29.8 Å². The average Bonchev–Trinajstić information content (AvgIpc) is 2.39. The monoisotopic (exact) mass is 235 g/mol. The summed E-state index contributed by atoms with van der Waals surface area (Å²) in [5, 5.41) is 0. The van der Waals surface area contributed by atoms with Crippen LogP contribution in [0.2, 0.25) is 0 Å². The molecule has 0 radical (unpaired) electrons. The predicted octanol–water partition coefficient (Wildman–Crippen LogP) is 4.37. The van der Waals surface area contributed by atoms with Crippen molar-refractivity contribution in [1.29, 1.82) is 0 Å². The van der Waals surface area contributed by atoms with Crippen molar-refractivity contribution in [1.82, 2.24) is 4.98 Å². The number of halogens is 1. The van der Waals surface area contributed by atoms with Crippen LogP contribution in [0.3, 0.4) is 0 Å². The molecule has 1 heterocycles. The zero-order chi connectivity index (χ0) is 12.1. The number of nitrogens with zero attached hydrogens (tertiary/aromatic N) is 1. The summed E-state index contributed by atoms with van der Waals surface area (Å²) in [5.41, 5.74) is 1.17. The Labute approximate surface area is 103 Å². The average molecular weight is 235 g/mol. The van der Waals surface area contributed by atoms with E-state index < -0.39 is 0 Å². The maximum atomic E-state index is 12.7. The quantitative estimate of drug-likeness (QED) is 0.706. The number of rotatable bonds is 4. The van der Waals surface area contributed by atoms with Crippen molar-refractivity contribution in [3.63, 3.8) is 0 Å². The topological polar surface area (TPSA) is 12.9 Å². The highest BCUT2D eigenvalue weighted by Gasteiger charge is 2.19. The second kappa shape index (κ2) is 6.13. The molecule has 2 rings (SSSR count). The van der Waals surface area contributed by atoms with Gasteiger partial charge in [-0.05, 0) is 36.3 Å². The fraction of sp³-hybridized carbons (Fsp3) is 0.667. The van der Waals surface area contributed by atoms with E-state index in [9.17, 15) is 4.39 Å². The zero-order valence-corrected chi connectivity index (χ0v) is 10.7. The first kappa shape index (κ1) is 12.5. The van der Waals surface area contributed by atoms with E-state index in [1.54, 1.807) is 6.20 Å². The highest BCUT2D eigenvalue weighted by atomic mass is 19.1. The highest BCUT2D eigenvalue weighted by Crippen LogP contribution is 2.32. The van der Waals surface area contributed by atoms with E-state index in [4.69, 9.17) is 0 Å². The summed E-state index contributed by atoms with van der Waals surface area (Å²) >= 11 is 0. The van der Waals surface area contributed by atoms with E-state index in [0.717, 1.165) is 18.3 Å². The molecule has 0 bridgehead atoms. The molecule has 0 saturated heterocycles. The van der Waals surface area contributed by atoms with Crippen LogP contribution in [0.25, 0.3) is 0 Å². The van der Waals surface area contributed by atoms with Gasteiger partial charge < -0.3 is 0 Å². The summed E-state index contributed by atoms with van der Waals surface area (Å²) in [6, 6.07) is 3.32. The molecule has 17 heavy (non-hydrogen) atoms. The summed E-state index contributed by atoms with van der Waals surface area (Å²) in [7, 11) is 0. The number of hydrogen-bond acceptors (Lipinski definition) is 1. The first-order chi connectivity index (χ1) is 8.28. The van der Waals surface area contributed by atoms with Crippen molar-refractivity contribution in [2.45, 2.75) is 51.9 Å². The summed E-state index contributed by atoms with van der Waals surface area (Å²) in [6.07, 6.45) is 10.9. The summed E-state index contributed by atoms with van der Waals surface area (Å²) in [5.74, 6) is 1.47. The lowest BCUT2D eigenvalue weighted by molar-refractivity contribution is 0.258. The van der Waals surface area contributed by atoms with Crippen molar-refractivity contribution in [2.75, 3.05) is 0 Å². The molecule has 94 valence electrons. The Morgan fingerprint density at radius 1 is 1.18 bits per heavy atom. The molecule has 2 heteroatoms. The molecule has 0 atom stereocenters. The van der Waals surface area contributed by atoms with E-state index >= 15 is 0 Å². The van der Waals surface area contributed by atoms with Crippen LogP contribution in [-0.4, -0.2) is 4.98 Å². The van der Waals surface area contributed by atoms with E-state index in [-0.39, 0.29) is 5.95 Å². The highest BCUT2D eigenvalue weighted by molar-refractivity contribution is 5.09. The van der Waals surface area contributed by atoms with Crippen LogP contribution in [0.1, 0.15) is 51.0 Å². The Morgan fingerprint density at radius 3 is 2.47 bits per heavy atom. The zero-order valence-electron chi connectivity index (χ0n) is 10.7. The molecule has 1 aliphatic rings. The Kier molecular flexibility index (Phi) is 4.52. The van der Waals surface area contributed by atoms with Crippen molar-refractivity contribution >= 4 is 0 Å². The van der Waals surface area contributed by atoms with Crippen LogP contribution < -0.4 is 0 Å². The van der Waals surface area contributed by atoms with Crippen molar-refractivity contribution in [3.8, 4) is 0 Å². The van der Waals surface area contributed by atoms with Crippen molar-refractivity contribution in [2.24, 2.45) is 11.8 Å². The molecule has 0 N–H and O–H groups in total. The van der Waals surface area contributed by atoms with Gasteiger partial charge in [-0.3, -0.25) is 0 Å². The van der Waals surface area contributed by atoms with E-state index in [0.29, 0.717) is 0 Å². The number of pyridine rings is 1. The molecule has 0 aliphatic heterocycles. The Balaban J connectivity index is 1.74. The van der Waals surface area contributed by atoms with Gasteiger partial charge in [-0.25, -0.2) is 4.98 Å². The first-order valence-electron chi connectivity index (χ1n) is 6.88. The number of hydrogen-bond donors (Lipinski definition) is 0. The number of aryl methyl sites for hydroxylation is 1. The Morgan fingerprint density at radius 2 is 1.88 bits per heavy atom. The smallest absolute Gasteiger partial charge is 0.212 e. The van der Waals surface area contributed by atoms with Gasteiger partial charge >= 0.3 is 0 Å². The molecular formula is C15H22FN. The third kappa shape index (κ3) is 3.79. The minimum absolute atomic E-state index is 0.378. The van der Waals surface area contributed by atoms with Crippen LogP contribution in [0.5, 0.6) is 0 Å². The van der Waals surface area contributed by atoms with Gasteiger partial charge in [0.2, 0.25) is 5.95 Å². The second-order valence-corrected chi connectivity index (χ2v) is 5.32. The molecule has 0 spiro atoms. The molecule has 1 fully saturated rings. The van der Waals surface area contributed by atoms with E-state index in [2.05, 4.69) is 11.9 Å². The Hall–Kier alpha value is -0.920. The van der Waals surface area contributed by atoms with Gasteiger partial charge in [-0.2, -0.15) is 4.39 Å². The minimum atomic E-state index is -0.378. The standard InChI is InChI=1S/C15H22FN/c1-2-12-3-5-13(6-4-12)7-8-14-9-10-15(16)17-11-14/h9-13H,2-8H2,1H3. The van der Waals surface area contributed by atoms with Gasteiger partial charge in [-0.1, -0.05) is 45.1 Å². The Bertz CT molecular complexity index is 325. The lowest BCUT2D eigenvalue weighted by Gasteiger charge is -2.27. The largest absolute Gasteiger partial charge is 0.228 e. The lowest BCUT2D eigenvalue weighted by Crippen LogP contribution is -2.14. The molecule has 0 amide bonds. The van der Waals surface area contributed by atoms with E-state index in [1.807, 2.05) is 6.07 Å². The van der Waals surface area contributed by atoms with Crippen molar-refractivity contribution < 1.29 is 4.39 Å². The molecular weight excluding hydrogens is 213 g/mol. The van der Waals surface area contributed by atoms with Gasteiger partial charge in [0.1, 0.15) is 0 Å². The molecule has 1 aliphatic carbocycles. The fourth-order valence-electron chi connectivity index (χ4n) is 2.85. The second-order valence-electron chi connectivity index (χ2n) is 5.32. The summed E-state index contributed by atoms with van der Waals surface area (Å²) in [6.45, 7) is 2.30. The van der Waals surface area contributed by atoms with Gasteiger partial charge in [0.25, 0.3) is 0 Å². The van der Waals surface area contributed by atoms with E-state index in [1.165, 1.54) is 50.2 Å². The molecule has 1 aromatic heterocycles. The lowest BCUT2D eigenvalue weighted by atomic mass is 9.79. The van der Waals surface area contributed by atoms with Gasteiger partial charge in [0.15, 0.2) is 0 Å². The molecule has 1 saturated carbocycles.